The van der Waals surface area contributed by atoms with Gasteiger partial charge >= 0.3 is 0 Å². The first-order valence-corrected chi connectivity index (χ1v) is 8.49. The lowest BCUT2D eigenvalue weighted by Crippen LogP contribution is -2.28. The number of hydrogen-bond acceptors (Lipinski definition) is 4. The van der Waals surface area contributed by atoms with Crippen molar-refractivity contribution in [3.8, 4) is 0 Å². The zero-order chi connectivity index (χ0) is 18.9. The molecule has 0 saturated heterocycles. The molecule has 1 N–H and O–H groups in total. The Labute approximate surface area is 148 Å². The molecule has 0 spiro atoms. The van der Waals surface area contributed by atoms with Crippen LogP contribution in [-0.2, 0) is 17.9 Å². The van der Waals surface area contributed by atoms with Crippen molar-refractivity contribution in [3.05, 3.63) is 33.9 Å². The molecule has 7 heteroatoms. The van der Waals surface area contributed by atoms with E-state index in [0.29, 0.717) is 17.8 Å². The third-order valence-electron chi connectivity index (χ3n) is 4.45. The molecule has 2 aromatic rings. The molecule has 136 valence electrons. The number of nitrogens with one attached hydrogen (secondary N) is 1. The highest BCUT2D eigenvalue weighted by Crippen LogP contribution is 2.17. The molecule has 2 heterocycles. The summed E-state index contributed by atoms with van der Waals surface area (Å²) < 4.78 is 3.55. The molecule has 0 saturated carbocycles. The van der Waals surface area contributed by atoms with Crippen molar-refractivity contribution in [2.24, 2.45) is 0 Å². The highest BCUT2D eigenvalue weighted by atomic mass is 16.2. The summed E-state index contributed by atoms with van der Waals surface area (Å²) in [7, 11) is 0. The van der Waals surface area contributed by atoms with Crippen molar-refractivity contribution >= 4 is 11.7 Å². The first-order chi connectivity index (χ1) is 11.6. The maximum Gasteiger partial charge on any atom is 0.242 e. The highest BCUT2D eigenvalue weighted by Gasteiger charge is 2.18. The minimum atomic E-state index is -0.142. The quantitative estimate of drug-likeness (QED) is 0.815. The first kappa shape index (κ1) is 18.9. The van der Waals surface area contributed by atoms with E-state index in [1.54, 1.807) is 11.6 Å². The summed E-state index contributed by atoms with van der Waals surface area (Å²) in [6.45, 7) is 13.8. The van der Waals surface area contributed by atoms with Crippen molar-refractivity contribution in [1.82, 2.24) is 24.9 Å². The molecular formula is C18H27N5O2. The molecule has 0 aromatic carbocycles. The number of aromatic nitrogens is 4. The smallest absolute Gasteiger partial charge is 0.242 e. The van der Waals surface area contributed by atoms with Crippen LogP contribution in [0.1, 0.15) is 65.5 Å². The summed E-state index contributed by atoms with van der Waals surface area (Å²) in [4.78, 5) is 24.0. The van der Waals surface area contributed by atoms with Gasteiger partial charge in [-0.2, -0.15) is 10.2 Å². The maximum atomic E-state index is 12.3. The van der Waals surface area contributed by atoms with Crippen LogP contribution in [0.5, 0.6) is 0 Å². The zero-order valence-electron chi connectivity index (χ0n) is 16.1. The van der Waals surface area contributed by atoms with Crippen LogP contribution in [0.15, 0.2) is 0 Å². The lowest BCUT2D eigenvalue weighted by Gasteiger charge is -2.10. The number of ketones is 1. The van der Waals surface area contributed by atoms with Gasteiger partial charge in [0.05, 0.1) is 17.0 Å². The summed E-state index contributed by atoms with van der Waals surface area (Å²) in [5, 5.41) is 11.8. The summed E-state index contributed by atoms with van der Waals surface area (Å²) in [5.74, 6) is -0.175. The van der Waals surface area contributed by atoms with Gasteiger partial charge in [0.15, 0.2) is 5.78 Å². The van der Waals surface area contributed by atoms with Gasteiger partial charge in [-0.25, -0.2) is 0 Å². The van der Waals surface area contributed by atoms with Crippen molar-refractivity contribution < 1.29 is 9.59 Å². The van der Waals surface area contributed by atoms with E-state index in [0.717, 1.165) is 22.6 Å². The second-order valence-electron chi connectivity index (χ2n) is 6.72. The van der Waals surface area contributed by atoms with Crippen LogP contribution in [0.4, 0.5) is 0 Å². The second-order valence-corrected chi connectivity index (χ2v) is 6.72. The van der Waals surface area contributed by atoms with E-state index in [2.05, 4.69) is 29.4 Å². The van der Waals surface area contributed by atoms with Gasteiger partial charge in [0.1, 0.15) is 6.54 Å². The van der Waals surface area contributed by atoms with Gasteiger partial charge in [0.2, 0.25) is 5.91 Å². The third-order valence-corrected chi connectivity index (χ3v) is 4.45. The van der Waals surface area contributed by atoms with Crippen LogP contribution >= 0.6 is 0 Å². The van der Waals surface area contributed by atoms with E-state index in [-0.39, 0.29) is 24.3 Å². The van der Waals surface area contributed by atoms with E-state index >= 15 is 0 Å². The monoisotopic (exact) mass is 345 g/mol. The molecule has 0 aliphatic heterocycles. The van der Waals surface area contributed by atoms with Gasteiger partial charge < -0.3 is 5.32 Å². The number of hydrogen-bond donors (Lipinski definition) is 1. The largest absolute Gasteiger partial charge is 0.350 e. The minimum Gasteiger partial charge on any atom is -0.350 e. The van der Waals surface area contributed by atoms with E-state index < -0.39 is 0 Å². The minimum absolute atomic E-state index is 0.0333. The number of carbonyl (C=O) groups is 2. The molecule has 0 radical (unpaired) electrons. The van der Waals surface area contributed by atoms with Gasteiger partial charge in [-0.1, -0.05) is 0 Å². The average Bonchev–Trinajstić information content (AvgIpc) is 2.94. The van der Waals surface area contributed by atoms with Crippen molar-refractivity contribution in [1.29, 1.82) is 0 Å². The topological polar surface area (TPSA) is 81.8 Å². The van der Waals surface area contributed by atoms with Crippen LogP contribution in [0.25, 0.3) is 0 Å². The Morgan fingerprint density at radius 2 is 1.68 bits per heavy atom. The number of Topliss-reactive ketones (excluding diaryl/α,β-unsaturated/α-hetero) is 1. The molecule has 25 heavy (non-hydrogen) atoms. The fraction of sp³-hybridized carbons (Fsp3) is 0.556. The zero-order valence-corrected chi connectivity index (χ0v) is 16.1. The van der Waals surface area contributed by atoms with Crippen molar-refractivity contribution in [2.75, 3.05) is 0 Å². The standard InChI is InChI=1S/C18H27N5O2/c1-10(2)23-13(5)16(11(3)21-23)8-19-17(25)9-22-14(6)18(15(7)24)12(4)20-22/h10H,8-9H2,1-7H3,(H,19,25). The molecular weight excluding hydrogens is 318 g/mol. The summed E-state index contributed by atoms with van der Waals surface area (Å²) in [6, 6.07) is 0.280. The van der Waals surface area contributed by atoms with Crippen LogP contribution < -0.4 is 5.32 Å². The fourth-order valence-electron chi connectivity index (χ4n) is 3.19. The Kier molecular flexibility index (Phi) is 5.45. The van der Waals surface area contributed by atoms with Gasteiger partial charge in [0.25, 0.3) is 0 Å². The van der Waals surface area contributed by atoms with Crippen LogP contribution in [0.3, 0.4) is 0 Å². The molecule has 2 aromatic heterocycles. The molecule has 7 nitrogen and oxygen atoms in total. The maximum absolute atomic E-state index is 12.3. The Morgan fingerprint density at radius 3 is 2.16 bits per heavy atom. The number of amides is 1. The molecule has 1 amide bonds. The van der Waals surface area contributed by atoms with Gasteiger partial charge in [-0.15, -0.1) is 0 Å². The highest BCUT2D eigenvalue weighted by molar-refractivity contribution is 5.96. The number of carbonyl (C=O) groups excluding carboxylic acids is 2. The second kappa shape index (κ2) is 7.21. The summed E-state index contributed by atoms with van der Waals surface area (Å²) >= 11 is 0. The van der Waals surface area contributed by atoms with Gasteiger partial charge in [-0.3, -0.25) is 19.0 Å². The van der Waals surface area contributed by atoms with Crippen LogP contribution in [0, 0.1) is 27.7 Å². The van der Waals surface area contributed by atoms with Gasteiger partial charge in [-0.05, 0) is 48.5 Å². The summed E-state index contributed by atoms with van der Waals surface area (Å²) in [6.07, 6.45) is 0. The molecule has 0 atom stereocenters. The van der Waals surface area contributed by atoms with Crippen molar-refractivity contribution in [2.45, 2.75) is 67.6 Å². The SMILES string of the molecule is CC(=O)c1c(C)nn(CC(=O)NCc2c(C)nn(C(C)C)c2C)c1C. The first-order valence-electron chi connectivity index (χ1n) is 8.49. The fourth-order valence-corrected chi connectivity index (χ4v) is 3.19. The predicted octanol–water partition coefficient (Wildman–Crippen LogP) is 2.41. The number of aryl methyl sites for hydroxylation is 2. The van der Waals surface area contributed by atoms with E-state index in [1.165, 1.54) is 6.92 Å². The Bertz CT molecular complexity index is 814. The van der Waals surface area contributed by atoms with E-state index in [9.17, 15) is 9.59 Å². The van der Waals surface area contributed by atoms with E-state index in [1.807, 2.05) is 25.5 Å². The summed E-state index contributed by atoms with van der Waals surface area (Å²) in [5.41, 5.74) is 5.01. The number of nitrogens with zero attached hydrogens (tertiary/aromatic N) is 4. The lowest BCUT2D eigenvalue weighted by molar-refractivity contribution is -0.122. The number of rotatable bonds is 6. The molecule has 2 rings (SSSR count). The molecule has 0 unspecified atom stereocenters. The molecule has 0 bridgehead atoms. The van der Waals surface area contributed by atoms with Crippen molar-refractivity contribution in [3.63, 3.8) is 0 Å². The van der Waals surface area contributed by atoms with Crippen LogP contribution in [-0.4, -0.2) is 31.3 Å². The molecule has 0 fully saturated rings. The lowest BCUT2D eigenvalue weighted by atomic mass is 10.1. The van der Waals surface area contributed by atoms with Crippen LogP contribution in [0.2, 0.25) is 0 Å². The normalized spacial score (nSPS) is 11.2. The predicted molar refractivity (Wildman–Crippen MR) is 95.6 cm³/mol. The van der Waals surface area contributed by atoms with Gasteiger partial charge in [0, 0.05) is 29.5 Å². The van der Waals surface area contributed by atoms with E-state index in [4.69, 9.17) is 0 Å². The Balaban J connectivity index is 2.08. The Hall–Kier alpha value is -2.44. The Morgan fingerprint density at radius 1 is 1.04 bits per heavy atom. The third kappa shape index (κ3) is 3.81. The average molecular weight is 345 g/mol. The molecule has 0 aliphatic carbocycles. The molecule has 0 aliphatic rings.